The van der Waals surface area contributed by atoms with Crippen LogP contribution >= 0.6 is 0 Å². The summed E-state index contributed by atoms with van der Waals surface area (Å²) in [6.07, 6.45) is -11.1. The zero-order valence-electron chi connectivity index (χ0n) is 22.4. The summed E-state index contributed by atoms with van der Waals surface area (Å²) in [7, 11) is 0. The molecular formula is C24H35FO13. The summed E-state index contributed by atoms with van der Waals surface area (Å²) in [4.78, 5) is 34.9. The average Bonchev–Trinajstić information content (AvgIpc) is 3.27. The minimum atomic E-state index is -2.06. The number of halogens is 1. The highest BCUT2D eigenvalue weighted by atomic mass is 19.1. The van der Waals surface area contributed by atoms with E-state index in [0.29, 0.717) is 0 Å². The molecule has 4 aliphatic rings. The Morgan fingerprint density at radius 1 is 0.711 bits per heavy atom. The molecule has 0 N–H and O–H groups in total. The first-order valence-electron chi connectivity index (χ1n) is 12.4. The SMILES string of the molecule is CC(=O)OC[C@H]1O[C@@H](OC[C@H]2O[C@@H]3OC(C)(C)O[C@@H]3[C@H]3OC(C)(C)O[C@H]32)[C@H](F)[C@@H](OC(C)=O)[C@@H]1OC(C)=O. The lowest BCUT2D eigenvalue weighted by molar-refractivity contribution is -0.307. The van der Waals surface area contributed by atoms with Gasteiger partial charge in [-0.2, -0.15) is 0 Å². The highest BCUT2D eigenvalue weighted by Crippen LogP contribution is 2.44. The van der Waals surface area contributed by atoms with Crippen LogP contribution in [-0.2, 0) is 61.8 Å². The van der Waals surface area contributed by atoms with Crippen LogP contribution in [0.3, 0.4) is 0 Å². The Kier molecular flexibility index (Phi) is 8.34. The zero-order chi connectivity index (χ0) is 28.0. The van der Waals surface area contributed by atoms with Crippen molar-refractivity contribution in [1.29, 1.82) is 0 Å². The van der Waals surface area contributed by atoms with Crippen LogP contribution in [-0.4, -0.2) is 104 Å². The largest absolute Gasteiger partial charge is 0.463 e. The Morgan fingerprint density at radius 3 is 1.92 bits per heavy atom. The summed E-state index contributed by atoms with van der Waals surface area (Å²) in [6.45, 7) is 9.72. The fourth-order valence-electron chi connectivity index (χ4n) is 5.01. The van der Waals surface area contributed by atoms with Gasteiger partial charge in [0.15, 0.2) is 42.5 Å². The van der Waals surface area contributed by atoms with E-state index in [-0.39, 0.29) is 6.61 Å². The van der Waals surface area contributed by atoms with Crippen LogP contribution in [0, 0.1) is 0 Å². The molecule has 0 saturated carbocycles. The number of ether oxygens (including phenoxy) is 10. The van der Waals surface area contributed by atoms with Crippen LogP contribution in [0.25, 0.3) is 0 Å². The summed E-state index contributed by atoms with van der Waals surface area (Å²) in [5, 5.41) is 0. The molecule has 0 amide bonds. The smallest absolute Gasteiger partial charge is 0.303 e. The second-order valence-corrected chi connectivity index (χ2v) is 10.5. The van der Waals surface area contributed by atoms with Crippen molar-refractivity contribution in [3.63, 3.8) is 0 Å². The minimum Gasteiger partial charge on any atom is -0.463 e. The Bertz CT molecular complexity index is 910. The van der Waals surface area contributed by atoms with Gasteiger partial charge in [-0.05, 0) is 27.7 Å². The zero-order valence-corrected chi connectivity index (χ0v) is 22.4. The number of esters is 3. The quantitative estimate of drug-likeness (QED) is 0.327. The number of rotatable bonds is 7. The van der Waals surface area contributed by atoms with E-state index in [1.807, 2.05) is 0 Å². The maximum Gasteiger partial charge on any atom is 0.303 e. The fraction of sp³-hybridized carbons (Fsp3) is 0.875. The van der Waals surface area contributed by atoms with Crippen molar-refractivity contribution in [1.82, 2.24) is 0 Å². The second-order valence-electron chi connectivity index (χ2n) is 10.5. The maximum absolute atomic E-state index is 15.6. The third-order valence-electron chi connectivity index (χ3n) is 6.30. The molecule has 0 aromatic rings. The molecule has 0 unspecified atom stereocenters. The third-order valence-corrected chi connectivity index (χ3v) is 6.30. The van der Waals surface area contributed by atoms with Crippen molar-refractivity contribution in [2.24, 2.45) is 0 Å². The molecule has 4 aliphatic heterocycles. The normalized spacial score (nSPS) is 41.1. The number of alkyl halides is 1. The fourth-order valence-corrected chi connectivity index (χ4v) is 5.01. The van der Waals surface area contributed by atoms with E-state index < -0.39 is 97.6 Å². The number of hydrogen-bond acceptors (Lipinski definition) is 13. The highest BCUT2D eigenvalue weighted by Gasteiger charge is 2.61. The first kappa shape index (κ1) is 29.1. The lowest BCUT2D eigenvalue weighted by atomic mass is 9.98. The van der Waals surface area contributed by atoms with Crippen LogP contribution in [0.4, 0.5) is 4.39 Å². The monoisotopic (exact) mass is 550 g/mol. The van der Waals surface area contributed by atoms with E-state index in [2.05, 4.69) is 0 Å². The number of fused-ring (bicyclic) bond motifs is 3. The van der Waals surface area contributed by atoms with Gasteiger partial charge in [0.1, 0.15) is 37.1 Å². The summed E-state index contributed by atoms with van der Waals surface area (Å²) >= 11 is 0. The third kappa shape index (κ3) is 6.43. The molecule has 38 heavy (non-hydrogen) atoms. The highest BCUT2D eigenvalue weighted by molar-refractivity contribution is 5.67. The maximum atomic E-state index is 15.6. The van der Waals surface area contributed by atoms with Gasteiger partial charge in [0, 0.05) is 20.8 Å². The van der Waals surface area contributed by atoms with Crippen molar-refractivity contribution in [2.75, 3.05) is 13.2 Å². The second kappa shape index (κ2) is 10.9. The first-order valence-corrected chi connectivity index (χ1v) is 12.4. The van der Waals surface area contributed by atoms with E-state index >= 15 is 4.39 Å². The number of carbonyl (C=O) groups is 3. The molecule has 0 aromatic heterocycles. The van der Waals surface area contributed by atoms with Crippen LogP contribution in [0.1, 0.15) is 48.5 Å². The first-order chi connectivity index (χ1) is 17.7. The predicted molar refractivity (Wildman–Crippen MR) is 120 cm³/mol. The molecule has 10 atom stereocenters. The van der Waals surface area contributed by atoms with Gasteiger partial charge in [-0.3, -0.25) is 14.4 Å². The van der Waals surface area contributed by atoms with Crippen LogP contribution in [0.15, 0.2) is 0 Å². The van der Waals surface area contributed by atoms with Gasteiger partial charge in [0.05, 0.1) is 6.61 Å². The van der Waals surface area contributed by atoms with Gasteiger partial charge < -0.3 is 47.4 Å². The molecule has 0 radical (unpaired) electrons. The Labute approximate surface area is 219 Å². The van der Waals surface area contributed by atoms with Crippen molar-refractivity contribution in [3.05, 3.63) is 0 Å². The average molecular weight is 551 g/mol. The molecule has 0 aromatic carbocycles. The van der Waals surface area contributed by atoms with Crippen molar-refractivity contribution in [3.8, 4) is 0 Å². The van der Waals surface area contributed by atoms with E-state index in [1.165, 1.54) is 6.92 Å². The lowest BCUT2D eigenvalue weighted by Gasteiger charge is -2.43. The summed E-state index contributed by atoms with van der Waals surface area (Å²) < 4.78 is 72.5. The van der Waals surface area contributed by atoms with Crippen LogP contribution in [0.5, 0.6) is 0 Å². The number of hydrogen-bond donors (Lipinski definition) is 0. The predicted octanol–water partition coefficient (Wildman–Crippen LogP) is 0.889. The molecule has 4 heterocycles. The Hall–Kier alpha value is -1.94. The molecule has 0 aliphatic carbocycles. The van der Waals surface area contributed by atoms with E-state index in [9.17, 15) is 14.4 Å². The molecule has 0 spiro atoms. The van der Waals surface area contributed by atoms with Gasteiger partial charge in [-0.1, -0.05) is 0 Å². The molecule has 216 valence electrons. The Morgan fingerprint density at radius 2 is 1.29 bits per heavy atom. The van der Waals surface area contributed by atoms with Gasteiger partial charge in [-0.25, -0.2) is 4.39 Å². The molecule has 4 fully saturated rings. The van der Waals surface area contributed by atoms with Crippen LogP contribution in [0.2, 0.25) is 0 Å². The van der Waals surface area contributed by atoms with Gasteiger partial charge in [-0.15, -0.1) is 0 Å². The summed E-state index contributed by atoms with van der Waals surface area (Å²) in [5.41, 5.74) is 0. The molecular weight excluding hydrogens is 515 g/mol. The van der Waals surface area contributed by atoms with Gasteiger partial charge >= 0.3 is 17.9 Å². The van der Waals surface area contributed by atoms with Crippen molar-refractivity contribution >= 4 is 17.9 Å². The van der Waals surface area contributed by atoms with Gasteiger partial charge in [0.2, 0.25) is 0 Å². The van der Waals surface area contributed by atoms with Crippen molar-refractivity contribution in [2.45, 2.75) is 122 Å². The molecule has 13 nitrogen and oxygen atoms in total. The lowest BCUT2D eigenvalue weighted by Crippen LogP contribution is -2.61. The van der Waals surface area contributed by atoms with Crippen molar-refractivity contribution < 1.29 is 66.1 Å². The molecule has 0 bridgehead atoms. The number of carbonyl (C=O) groups excluding carboxylic acids is 3. The minimum absolute atomic E-state index is 0.232. The standard InChI is InChI=1S/C24H35FO13/c1-10(26)29-8-13-16(31-11(2)27)18(32-12(3)28)15(25)21(33-13)30-9-14-17-19(36-23(4,5)35-17)20-22(34-14)38-24(6,7)37-20/h13-22H,8-9H2,1-7H3/t13-,14-,15-,16-,17+,18-,19+,20-,21-,22-/m1/s1. The van der Waals surface area contributed by atoms with E-state index in [4.69, 9.17) is 47.4 Å². The molecule has 4 rings (SSSR count). The Balaban J connectivity index is 1.51. The van der Waals surface area contributed by atoms with Gasteiger partial charge in [0.25, 0.3) is 0 Å². The summed E-state index contributed by atoms with van der Waals surface area (Å²) in [5.74, 6) is -4.09. The topological polar surface area (TPSA) is 144 Å². The van der Waals surface area contributed by atoms with Crippen LogP contribution < -0.4 is 0 Å². The molecule has 4 saturated heterocycles. The molecule has 14 heteroatoms. The summed E-state index contributed by atoms with van der Waals surface area (Å²) in [6, 6.07) is 0. The van der Waals surface area contributed by atoms with E-state index in [1.54, 1.807) is 27.7 Å². The van der Waals surface area contributed by atoms with E-state index in [0.717, 1.165) is 13.8 Å².